The van der Waals surface area contributed by atoms with E-state index >= 15 is 0 Å². The Balaban J connectivity index is 2.08. The summed E-state index contributed by atoms with van der Waals surface area (Å²) in [4.78, 5) is 16.2. The lowest BCUT2D eigenvalue weighted by molar-refractivity contribution is 0.0526. The van der Waals surface area contributed by atoms with Gasteiger partial charge < -0.3 is 4.74 Å². The normalized spacial score (nSPS) is 13.9. The molecule has 1 saturated heterocycles. The van der Waals surface area contributed by atoms with Crippen LogP contribution in [0.4, 0.5) is 5.69 Å². The van der Waals surface area contributed by atoms with Gasteiger partial charge in [-0.25, -0.2) is 14.7 Å². The molecule has 4 nitrogen and oxygen atoms in total. The largest absolute Gasteiger partial charge is 0.462 e. The van der Waals surface area contributed by atoms with E-state index in [2.05, 4.69) is 0 Å². The van der Waals surface area contributed by atoms with Crippen molar-refractivity contribution < 1.29 is 14.4 Å². The molecule has 0 radical (unpaired) electrons. The van der Waals surface area contributed by atoms with Crippen molar-refractivity contribution in [2.24, 2.45) is 0 Å². The number of carbonyl (C=O) groups is 1. The van der Waals surface area contributed by atoms with Gasteiger partial charge in [0.2, 0.25) is 0 Å². The Bertz CT molecular complexity index is 330. The molecule has 4 heteroatoms. The van der Waals surface area contributed by atoms with Gasteiger partial charge in [-0.05, 0) is 31.2 Å². The molecule has 1 aromatic rings. The monoisotopic (exact) mass is 193 g/mol. The number of carbonyl (C=O) groups excluding carboxylic acids is 1. The van der Waals surface area contributed by atoms with E-state index in [1.807, 2.05) is 12.1 Å². The molecule has 0 atom stereocenters. The quantitative estimate of drug-likeness (QED) is 0.539. The van der Waals surface area contributed by atoms with Crippen molar-refractivity contribution in [3.05, 3.63) is 29.8 Å². The van der Waals surface area contributed by atoms with Crippen molar-refractivity contribution in [1.29, 1.82) is 0 Å². The van der Waals surface area contributed by atoms with Gasteiger partial charge in [-0.3, -0.25) is 0 Å². The molecule has 1 heterocycles. The summed E-state index contributed by atoms with van der Waals surface area (Å²) in [6.45, 7) is 2.81. The van der Waals surface area contributed by atoms with E-state index in [0.29, 0.717) is 18.9 Å². The lowest BCUT2D eigenvalue weighted by Crippen LogP contribution is -2.04. The SMILES string of the molecule is CCOC(=O)c1ccc(N2CO2)cc1. The van der Waals surface area contributed by atoms with Crippen LogP contribution in [0.2, 0.25) is 0 Å². The maximum atomic E-state index is 11.3. The molecule has 0 spiro atoms. The smallest absolute Gasteiger partial charge is 0.338 e. The van der Waals surface area contributed by atoms with Crippen molar-refractivity contribution >= 4 is 11.7 Å². The number of esters is 1. The molecule has 0 saturated carbocycles. The van der Waals surface area contributed by atoms with Gasteiger partial charge in [0.15, 0.2) is 6.73 Å². The van der Waals surface area contributed by atoms with Crippen LogP contribution in [0.25, 0.3) is 0 Å². The highest BCUT2D eigenvalue weighted by molar-refractivity contribution is 5.89. The Morgan fingerprint density at radius 1 is 1.50 bits per heavy atom. The topological polar surface area (TPSA) is 41.8 Å². The second-order valence-electron chi connectivity index (χ2n) is 2.90. The zero-order valence-electron chi connectivity index (χ0n) is 7.90. The minimum Gasteiger partial charge on any atom is -0.462 e. The summed E-state index contributed by atoms with van der Waals surface area (Å²) in [7, 11) is 0. The van der Waals surface area contributed by atoms with E-state index in [4.69, 9.17) is 9.57 Å². The average molecular weight is 193 g/mol. The van der Waals surface area contributed by atoms with Crippen molar-refractivity contribution in [2.75, 3.05) is 18.4 Å². The van der Waals surface area contributed by atoms with Gasteiger partial charge in [-0.1, -0.05) is 0 Å². The third kappa shape index (κ3) is 1.85. The molecule has 1 fully saturated rings. The predicted octanol–water partition coefficient (Wildman–Crippen LogP) is 1.57. The third-order valence-electron chi connectivity index (χ3n) is 1.92. The van der Waals surface area contributed by atoms with Gasteiger partial charge in [0.1, 0.15) is 0 Å². The van der Waals surface area contributed by atoms with E-state index in [-0.39, 0.29) is 5.97 Å². The highest BCUT2D eigenvalue weighted by Crippen LogP contribution is 2.22. The lowest BCUT2D eigenvalue weighted by Gasteiger charge is -2.02. The first-order valence-corrected chi connectivity index (χ1v) is 4.49. The van der Waals surface area contributed by atoms with Crippen molar-refractivity contribution in [2.45, 2.75) is 6.92 Å². The summed E-state index contributed by atoms with van der Waals surface area (Å²) in [5, 5.41) is 1.73. The Morgan fingerprint density at radius 3 is 2.64 bits per heavy atom. The Morgan fingerprint density at radius 2 is 2.14 bits per heavy atom. The van der Waals surface area contributed by atoms with Crippen molar-refractivity contribution in [3.63, 3.8) is 0 Å². The predicted molar refractivity (Wildman–Crippen MR) is 50.8 cm³/mol. The fraction of sp³-hybridized carbons (Fsp3) is 0.300. The van der Waals surface area contributed by atoms with Crippen LogP contribution >= 0.6 is 0 Å². The number of hydroxylamine groups is 1. The maximum Gasteiger partial charge on any atom is 0.338 e. The van der Waals surface area contributed by atoms with Crippen LogP contribution in [0.3, 0.4) is 0 Å². The summed E-state index contributed by atoms with van der Waals surface area (Å²) in [5.74, 6) is -0.286. The maximum absolute atomic E-state index is 11.3. The van der Waals surface area contributed by atoms with Gasteiger partial charge >= 0.3 is 5.97 Å². The third-order valence-corrected chi connectivity index (χ3v) is 1.92. The molecule has 14 heavy (non-hydrogen) atoms. The van der Waals surface area contributed by atoms with Gasteiger partial charge in [-0.2, -0.15) is 0 Å². The molecular formula is C10H11NO3. The van der Waals surface area contributed by atoms with Gasteiger partial charge in [0.05, 0.1) is 17.9 Å². The lowest BCUT2D eigenvalue weighted by atomic mass is 10.2. The number of ether oxygens (including phenoxy) is 1. The molecule has 0 amide bonds. The van der Waals surface area contributed by atoms with Crippen LogP contribution in [0, 0.1) is 0 Å². The molecule has 0 aliphatic carbocycles. The number of nitrogens with zero attached hydrogens (tertiary/aromatic N) is 1. The van der Waals surface area contributed by atoms with Crippen LogP contribution in [-0.4, -0.2) is 19.3 Å². The Hall–Kier alpha value is -1.55. The number of anilines is 1. The average Bonchev–Trinajstić information content (AvgIpc) is 3.02. The first-order valence-electron chi connectivity index (χ1n) is 4.49. The van der Waals surface area contributed by atoms with Crippen LogP contribution in [0.1, 0.15) is 17.3 Å². The molecule has 2 rings (SSSR count). The summed E-state index contributed by atoms with van der Waals surface area (Å²) < 4.78 is 4.86. The highest BCUT2D eigenvalue weighted by Gasteiger charge is 2.19. The fourth-order valence-corrected chi connectivity index (χ4v) is 1.16. The molecule has 1 aromatic carbocycles. The fourth-order valence-electron chi connectivity index (χ4n) is 1.16. The number of rotatable bonds is 3. The second kappa shape index (κ2) is 3.67. The summed E-state index contributed by atoms with van der Waals surface area (Å²) in [6, 6.07) is 7.13. The van der Waals surface area contributed by atoms with Gasteiger partial charge in [-0.15, -0.1) is 0 Å². The summed E-state index contributed by atoms with van der Waals surface area (Å²) in [6.07, 6.45) is 0. The molecule has 0 aromatic heterocycles. The standard InChI is InChI=1S/C10H11NO3/c1-2-13-10(12)8-3-5-9(6-4-8)11-7-14-11/h3-6H,2,7H2,1H3. The van der Waals surface area contributed by atoms with Gasteiger partial charge in [0.25, 0.3) is 0 Å². The van der Waals surface area contributed by atoms with E-state index in [1.165, 1.54) is 0 Å². The van der Waals surface area contributed by atoms with Crippen LogP contribution in [0.15, 0.2) is 24.3 Å². The van der Waals surface area contributed by atoms with Crippen molar-refractivity contribution in [3.8, 4) is 0 Å². The molecule has 1 aliphatic rings. The number of benzene rings is 1. The first kappa shape index (κ1) is 9.02. The van der Waals surface area contributed by atoms with Gasteiger partial charge in [0, 0.05) is 0 Å². The van der Waals surface area contributed by atoms with Crippen LogP contribution < -0.4 is 5.06 Å². The molecule has 1 aliphatic heterocycles. The number of hydrogen-bond donors (Lipinski definition) is 0. The molecule has 0 unspecified atom stereocenters. The second-order valence-corrected chi connectivity index (χ2v) is 2.90. The summed E-state index contributed by atoms with van der Waals surface area (Å²) in [5.41, 5.74) is 1.52. The van der Waals surface area contributed by atoms with E-state index in [1.54, 1.807) is 24.1 Å². The molecular weight excluding hydrogens is 182 g/mol. The van der Waals surface area contributed by atoms with E-state index in [0.717, 1.165) is 5.69 Å². The van der Waals surface area contributed by atoms with Crippen LogP contribution in [-0.2, 0) is 9.57 Å². The number of hydrogen-bond acceptors (Lipinski definition) is 4. The molecule has 0 N–H and O–H groups in total. The molecule has 74 valence electrons. The summed E-state index contributed by atoms with van der Waals surface area (Å²) >= 11 is 0. The van der Waals surface area contributed by atoms with E-state index < -0.39 is 0 Å². The zero-order valence-corrected chi connectivity index (χ0v) is 7.90. The Labute approximate surface area is 82.0 Å². The zero-order chi connectivity index (χ0) is 9.97. The first-order chi connectivity index (χ1) is 6.81. The van der Waals surface area contributed by atoms with E-state index in [9.17, 15) is 4.79 Å². The molecule has 0 bridgehead atoms. The van der Waals surface area contributed by atoms with Crippen LogP contribution in [0.5, 0.6) is 0 Å². The minimum atomic E-state index is -0.286. The Kier molecular flexibility index (Phi) is 2.37. The minimum absolute atomic E-state index is 0.286. The van der Waals surface area contributed by atoms with Crippen molar-refractivity contribution in [1.82, 2.24) is 0 Å². The highest BCUT2D eigenvalue weighted by atomic mass is 16.8.